The van der Waals surface area contributed by atoms with Gasteiger partial charge in [0.15, 0.2) is 5.82 Å². The average Bonchev–Trinajstić information content (AvgIpc) is 3.05. The standard InChI is InChI=1S/C16H28N4O/c1-3-19(11-14-9-6-10-20(14)4-2)12-15-17-16(21-18-15)13-7-5-8-13/h13-14H,3-12H2,1-2H3/t14-/m0/s1. The molecule has 5 heteroatoms. The number of hydrogen-bond acceptors (Lipinski definition) is 5. The van der Waals surface area contributed by atoms with E-state index in [0.717, 1.165) is 37.9 Å². The summed E-state index contributed by atoms with van der Waals surface area (Å²) in [5.41, 5.74) is 0. The molecule has 1 aliphatic carbocycles. The molecule has 0 amide bonds. The van der Waals surface area contributed by atoms with Gasteiger partial charge in [0.2, 0.25) is 5.89 Å². The first-order chi connectivity index (χ1) is 10.3. The molecule has 0 aromatic carbocycles. The number of rotatable bonds is 7. The van der Waals surface area contributed by atoms with Crippen molar-refractivity contribution < 1.29 is 4.52 Å². The normalized spacial score (nSPS) is 23.9. The molecule has 1 aliphatic heterocycles. The van der Waals surface area contributed by atoms with Crippen molar-refractivity contribution >= 4 is 0 Å². The second-order valence-electron chi connectivity index (χ2n) is 6.43. The SMILES string of the molecule is CCN(Cc1noc(C2CCC2)n1)C[C@@H]1CCCN1CC. The second kappa shape index (κ2) is 6.88. The molecule has 0 radical (unpaired) electrons. The van der Waals surface area contributed by atoms with Gasteiger partial charge < -0.3 is 4.52 Å². The molecule has 5 nitrogen and oxygen atoms in total. The molecule has 3 rings (SSSR count). The van der Waals surface area contributed by atoms with Gasteiger partial charge in [0, 0.05) is 18.5 Å². The summed E-state index contributed by atoms with van der Waals surface area (Å²) in [5.74, 6) is 2.26. The third-order valence-corrected chi connectivity index (χ3v) is 5.12. The van der Waals surface area contributed by atoms with Gasteiger partial charge in [0.1, 0.15) is 0 Å². The molecule has 21 heavy (non-hydrogen) atoms. The summed E-state index contributed by atoms with van der Waals surface area (Å²) in [6.45, 7) is 9.89. The first kappa shape index (κ1) is 15.0. The summed E-state index contributed by atoms with van der Waals surface area (Å²) in [6.07, 6.45) is 6.39. The number of aromatic nitrogens is 2. The highest BCUT2D eigenvalue weighted by Crippen LogP contribution is 2.35. The molecule has 1 saturated heterocycles. The number of likely N-dealkylation sites (tertiary alicyclic amines) is 1. The van der Waals surface area contributed by atoms with Crippen LogP contribution in [0, 0.1) is 0 Å². The Morgan fingerprint density at radius 2 is 2.10 bits per heavy atom. The fourth-order valence-electron chi connectivity index (χ4n) is 3.47. The van der Waals surface area contributed by atoms with E-state index in [1.807, 2.05) is 0 Å². The van der Waals surface area contributed by atoms with Crippen LogP contribution in [0.2, 0.25) is 0 Å². The van der Waals surface area contributed by atoms with Crippen LogP contribution in [-0.2, 0) is 6.54 Å². The average molecular weight is 292 g/mol. The molecule has 1 aromatic rings. The van der Waals surface area contributed by atoms with E-state index in [4.69, 9.17) is 4.52 Å². The smallest absolute Gasteiger partial charge is 0.229 e. The molecule has 0 unspecified atom stereocenters. The Balaban J connectivity index is 1.55. The largest absolute Gasteiger partial charge is 0.339 e. The summed E-state index contributed by atoms with van der Waals surface area (Å²) in [4.78, 5) is 9.65. The maximum atomic E-state index is 5.43. The van der Waals surface area contributed by atoms with E-state index in [2.05, 4.69) is 33.8 Å². The van der Waals surface area contributed by atoms with Crippen molar-refractivity contribution in [2.45, 2.75) is 64.5 Å². The van der Waals surface area contributed by atoms with Crippen LogP contribution in [0.3, 0.4) is 0 Å². The van der Waals surface area contributed by atoms with Gasteiger partial charge in [-0.15, -0.1) is 0 Å². The molecule has 1 aromatic heterocycles. The highest BCUT2D eigenvalue weighted by atomic mass is 16.5. The fraction of sp³-hybridized carbons (Fsp3) is 0.875. The Morgan fingerprint density at radius 1 is 1.24 bits per heavy atom. The van der Waals surface area contributed by atoms with Crippen LogP contribution in [0.1, 0.15) is 63.6 Å². The van der Waals surface area contributed by atoms with Crippen molar-refractivity contribution in [2.75, 3.05) is 26.2 Å². The third kappa shape index (κ3) is 3.46. The summed E-state index contributed by atoms with van der Waals surface area (Å²) < 4.78 is 5.43. The molecule has 0 N–H and O–H groups in total. The van der Waals surface area contributed by atoms with Gasteiger partial charge in [-0.05, 0) is 45.3 Å². The van der Waals surface area contributed by atoms with Gasteiger partial charge >= 0.3 is 0 Å². The van der Waals surface area contributed by atoms with Gasteiger partial charge in [0.05, 0.1) is 6.54 Å². The molecular weight excluding hydrogens is 264 g/mol. The van der Waals surface area contributed by atoms with E-state index in [0.29, 0.717) is 12.0 Å². The maximum absolute atomic E-state index is 5.43. The van der Waals surface area contributed by atoms with E-state index in [1.165, 1.54) is 38.6 Å². The summed E-state index contributed by atoms with van der Waals surface area (Å²) in [7, 11) is 0. The number of hydrogen-bond donors (Lipinski definition) is 0. The van der Waals surface area contributed by atoms with Gasteiger partial charge in [0.25, 0.3) is 0 Å². The molecule has 2 aliphatic rings. The maximum Gasteiger partial charge on any atom is 0.229 e. The van der Waals surface area contributed by atoms with Gasteiger partial charge in [-0.1, -0.05) is 25.4 Å². The zero-order valence-electron chi connectivity index (χ0n) is 13.4. The van der Waals surface area contributed by atoms with Gasteiger partial charge in [-0.3, -0.25) is 9.80 Å². The molecule has 0 spiro atoms. The predicted molar refractivity (Wildman–Crippen MR) is 82.1 cm³/mol. The molecule has 118 valence electrons. The van der Waals surface area contributed by atoms with Crippen molar-refractivity contribution in [1.82, 2.24) is 19.9 Å². The number of likely N-dealkylation sites (N-methyl/N-ethyl adjacent to an activating group) is 2. The third-order valence-electron chi connectivity index (χ3n) is 5.12. The topological polar surface area (TPSA) is 45.4 Å². The van der Waals surface area contributed by atoms with E-state index in [9.17, 15) is 0 Å². The second-order valence-corrected chi connectivity index (χ2v) is 6.43. The van der Waals surface area contributed by atoms with Crippen LogP contribution in [0.4, 0.5) is 0 Å². The summed E-state index contributed by atoms with van der Waals surface area (Å²) >= 11 is 0. The van der Waals surface area contributed by atoms with Crippen LogP contribution in [-0.4, -0.2) is 52.2 Å². The van der Waals surface area contributed by atoms with Crippen LogP contribution >= 0.6 is 0 Å². The minimum Gasteiger partial charge on any atom is -0.339 e. The van der Waals surface area contributed by atoms with Crippen molar-refractivity contribution in [1.29, 1.82) is 0 Å². The minimum absolute atomic E-state index is 0.534. The molecule has 0 bridgehead atoms. The zero-order chi connectivity index (χ0) is 14.7. The number of nitrogens with zero attached hydrogens (tertiary/aromatic N) is 4. The van der Waals surface area contributed by atoms with E-state index in [1.54, 1.807) is 0 Å². The minimum atomic E-state index is 0.534. The first-order valence-corrected chi connectivity index (χ1v) is 8.59. The van der Waals surface area contributed by atoms with Crippen LogP contribution in [0.5, 0.6) is 0 Å². The Kier molecular flexibility index (Phi) is 4.91. The highest BCUT2D eigenvalue weighted by molar-refractivity contribution is 4.98. The molecule has 2 fully saturated rings. The lowest BCUT2D eigenvalue weighted by Crippen LogP contribution is -2.40. The lowest BCUT2D eigenvalue weighted by molar-refractivity contribution is 0.173. The summed E-state index contributed by atoms with van der Waals surface area (Å²) in [6, 6.07) is 0.702. The highest BCUT2D eigenvalue weighted by Gasteiger charge is 2.27. The molecule has 1 saturated carbocycles. The lowest BCUT2D eigenvalue weighted by atomic mass is 9.85. The monoisotopic (exact) mass is 292 g/mol. The van der Waals surface area contributed by atoms with Gasteiger partial charge in [-0.2, -0.15) is 4.98 Å². The van der Waals surface area contributed by atoms with Crippen LogP contribution < -0.4 is 0 Å². The van der Waals surface area contributed by atoms with Crippen molar-refractivity contribution in [3.8, 4) is 0 Å². The zero-order valence-corrected chi connectivity index (χ0v) is 13.4. The van der Waals surface area contributed by atoms with Crippen molar-refractivity contribution in [3.05, 3.63) is 11.7 Å². The van der Waals surface area contributed by atoms with E-state index < -0.39 is 0 Å². The first-order valence-electron chi connectivity index (χ1n) is 8.59. The Labute approximate surface area is 127 Å². The van der Waals surface area contributed by atoms with Crippen molar-refractivity contribution in [2.24, 2.45) is 0 Å². The molecule has 2 heterocycles. The van der Waals surface area contributed by atoms with Crippen LogP contribution in [0.15, 0.2) is 4.52 Å². The fourth-order valence-corrected chi connectivity index (χ4v) is 3.47. The molecule has 1 atom stereocenters. The molecular formula is C16H28N4O. The van der Waals surface area contributed by atoms with E-state index in [-0.39, 0.29) is 0 Å². The predicted octanol–water partition coefficient (Wildman–Crippen LogP) is 2.64. The van der Waals surface area contributed by atoms with Gasteiger partial charge in [-0.25, -0.2) is 0 Å². The quantitative estimate of drug-likeness (QED) is 0.773. The lowest BCUT2D eigenvalue weighted by Gasteiger charge is -2.28. The summed E-state index contributed by atoms with van der Waals surface area (Å²) in [5, 5.41) is 4.18. The van der Waals surface area contributed by atoms with E-state index >= 15 is 0 Å². The Hall–Kier alpha value is -0.940. The Morgan fingerprint density at radius 3 is 2.76 bits per heavy atom. The van der Waals surface area contributed by atoms with Crippen LogP contribution in [0.25, 0.3) is 0 Å². The Bertz CT molecular complexity index is 443. The van der Waals surface area contributed by atoms with Crippen molar-refractivity contribution in [3.63, 3.8) is 0 Å².